The Morgan fingerprint density at radius 3 is 2.76 bits per heavy atom. The van der Waals surface area contributed by atoms with Gasteiger partial charge in [0.15, 0.2) is 11.8 Å². The normalized spacial score (nSPS) is 22.1. The largest absolute Gasteiger partial charge is 0.381 e. The average Bonchev–Trinajstić information content (AvgIpc) is 3.34. The number of likely N-dealkylation sites (tertiary alicyclic amines) is 1. The monoisotopic (exact) mass is 348 g/mol. The van der Waals surface area contributed by atoms with Crippen LogP contribution in [-0.4, -0.2) is 58.0 Å². The van der Waals surface area contributed by atoms with Crippen molar-refractivity contribution in [1.82, 2.24) is 25.0 Å². The van der Waals surface area contributed by atoms with E-state index in [0.29, 0.717) is 18.5 Å². The summed E-state index contributed by atoms with van der Waals surface area (Å²) in [5.74, 6) is 3.47. The first-order valence-corrected chi connectivity index (χ1v) is 9.66. The lowest BCUT2D eigenvalue weighted by Gasteiger charge is -2.25. The summed E-state index contributed by atoms with van der Waals surface area (Å²) < 4.78 is 7.63. The molecule has 2 heterocycles. The van der Waals surface area contributed by atoms with Crippen molar-refractivity contribution in [2.45, 2.75) is 58.5 Å². The molecule has 2 aliphatic rings. The lowest BCUT2D eigenvalue weighted by molar-refractivity contribution is 0.114. The van der Waals surface area contributed by atoms with E-state index in [-0.39, 0.29) is 0 Å². The Balaban J connectivity index is 1.66. The van der Waals surface area contributed by atoms with Crippen molar-refractivity contribution in [2.24, 2.45) is 18.0 Å². The van der Waals surface area contributed by atoms with Gasteiger partial charge in [0.25, 0.3) is 0 Å². The van der Waals surface area contributed by atoms with Crippen molar-refractivity contribution in [1.29, 1.82) is 0 Å². The number of aromatic nitrogens is 3. The van der Waals surface area contributed by atoms with E-state index in [1.54, 1.807) is 0 Å². The van der Waals surface area contributed by atoms with Crippen LogP contribution in [0.3, 0.4) is 0 Å². The quantitative estimate of drug-likeness (QED) is 0.628. The van der Waals surface area contributed by atoms with Gasteiger partial charge >= 0.3 is 0 Å². The number of guanidine groups is 1. The third-order valence-electron chi connectivity index (χ3n) is 5.38. The van der Waals surface area contributed by atoms with E-state index in [9.17, 15) is 0 Å². The van der Waals surface area contributed by atoms with Gasteiger partial charge in [0.1, 0.15) is 12.4 Å². The lowest BCUT2D eigenvalue weighted by Crippen LogP contribution is -2.44. The number of nitrogens with zero attached hydrogens (tertiary/aromatic N) is 5. The van der Waals surface area contributed by atoms with Gasteiger partial charge in [-0.3, -0.25) is 0 Å². The van der Waals surface area contributed by atoms with Crippen LogP contribution < -0.4 is 5.32 Å². The molecule has 7 heteroatoms. The highest BCUT2D eigenvalue weighted by Crippen LogP contribution is 2.21. The smallest absolute Gasteiger partial charge is 0.194 e. The molecule has 7 nitrogen and oxygen atoms in total. The first-order valence-electron chi connectivity index (χ1n) is 9.66. The molecule has 0 radical (unpaired) electrons. The summed E-state index contributed by atoms with van der Waals surface area (Å²) in [6.45, 7) is 8.32. The third-order valence-corrected chi connectivity index (χ3v) is 5.38. The molecule has 1 N–H and O–H groups in total. The Labute approximate surface area is 150 Å². The van der Waals surface area contributed by atoms with E-state index in [2.05, 4.69) is 27.3 Å². The van der Waals surface area contributed by atoms with Crippen molar-refractivity contribution >= 4 is 5.96 Å². The molecule has 1 saturated carbocycles. The molecule has 1 atom stereocenters. The second-order valence-electron chi connectivity index (χ2n) is 7.25. The van der Waals surface area contributed by atoms with Gasteiger partial charge in [-0.05, 0) is 33.1 Å². The van der Waals surface area contributed by atoms with Gasteiger partial charge in [-0.1, -0.05) is 12.8 Å². The van der Waals surface area contributed by atoms with Crippen LogP contribution in [-0.2, 0) is 18.3 Å². The van der Waals surface area contributed by atoms with Crippen molar-refractivity contribution in [3.05, 3.63) is 11.6 Å². The van der Waals surface area contributed by atoms with E-state index in [0.717, 1.165) is 43.9 Å². The van der Waals surface area contributed by atoms with Crippen molar-refractivity contribution in [3.63, 3.8) is 0 Å². The van der Waals surface area contributed by atoms with Gasteiger partial charge in [-0.2, -0.15) is 0 Å². The maximum Gasteiger partial charge on any atom is 0.194 e. The highest BCUT2D eigenvalue weighted by atomic mass is 16.5. The molecule has 2 fully saturated rings. The number of hydrogen-bond donors (Lipinski definition) is 1. The SMILES string of the molecule is CCOCC1CCN(C(=NCc2nnc(C)n2C)NC2CCCC2)C1. The molecule has 3 rings (SSSR count). The van der Waals surface area contributed by atoms with Gasteiger partial charge in [-0.15, -0.1) is 10.2 Å². The van der Waals surface area contributed by atoms with Gasteiger partial charge in [0, 0.05) is 38.7 Å². The molecule has 1 aliphatic carbocycles. The fourth-order valence-electron chi connectivity index (χ4n) is 3.67. The number of ether oxygens (including phenoxy) is 1. The van der Waals surface area contributed by atoms with E-state index in [1.165, 1.54) is 32.1 Å². The maximum absolute atomic E-state index is 5.62. The Morgan fingerprint density at radius 1 is 1.28 bits per heavy atom. The Hall–Kier alpha value is -1.63. The second-order valence-corrected chi connectivity index (χ2v) is 7.25. The summed E-state index contributed by atoms with van der Waals surface area (Å²) in [5, 5.41) is 12.1. The maximum atomic E-state index is 5.62. The zero-order valence-corrected chi connectivity index (χ0v) is 15.9. The first kappa shape index (κ1) is 18.2. The number of rotatable bonds is 6. The summed E-state index contributed by atoms with van der Waals surface area (Å²) in [5.41, 5.74) is 0. The Morgan fingerprint density at radius 2 is 2.08 bits per heavy atom. The van der Waals surface area contributed by atoms with Gasteiger partial charge in [-0.25, -0.2) is 4.99 Å². The summed E-state index contributed by atoms with van der Waals surface area (Å²) in [6.07, 6.45) is 6.31. The van der Waals surface area contributed by atoms with Crippen LogP contribution in [0, 0.1) is 12.8 Å². The van der Waals surface area contributed by atoms with Crippen LogP contribution in [0.15, 0.2) is 4.99 Å². The molecule has 0 amide bonds. The molecule has 25 heavy (non-hydrogen) atoms. The van der Waals surface area contributed by atoms with E-state index in [4.69, 9.17) is 9.73 Å². The average molecular weight is 348 g/mol. The fourth-order valence-corrected chi connectivity index (χ4v) is 3.67. The molecule has 1 unspecified atom stereocenters. The number of nitrogens with one attached hydrogen (secondary N) is 1. The number of aliphatic imine (C=N–C) groups is 1. The summed E-state index contributed by atoms with van der Waals surface area (Å²) in [7, 11) is 2.00. The summed E-state index contributed by atoms with van der Waals surface area (Å²) in [6, 6.07) is 0.561. The van der Waals surface area contributed by atoms with Crippen LogP contribution in [0.1, 0.15) is 50.7 Å². The highest BCUT2D eigenvalue weighted by molar-refractivity contribution is 5.80. The van der Waals surface area contributed by atoms with Crippen LogP contribution >= 0.6 is 0 Å². The summed E-state index contributed by atoms with van der Waals surface area (Å²) in [4.78, 5) is 7.29. The first-order chi connectivity index (χ1) is 12.2. The van der Waals surface area contributed by atoms with Gasteiger partial charge in [0.2, 0.25) is 0 Å². The van der Waals surface area contributed by atoms with Gasteiger partial charge in [0.05, 0.1) is 6.61 Å². The minimum absolute atomic E-state index is 0.561. The van der Waals surface area contributed by atoms with Gasteiger partial charge < -0.3 is 19.5 Å². The van der Waals surface area contributed by atoms with E-state index in [1.807, 2.05) is 18.5 Å². The lowest BCUT2D eigenvalue weighted by atomic mass is 10.1. The molecular weight excluding hydrogens is 316 g/mol. The molecule has 0 aromatic carbocycles. The zero-order valence-electron chi connectivity index (χ0n) is 15.9. The molecule has 1 saturated heterocycles. The number of hydrogen-bond acceptors (Lipinski definition) is 4. The fraction of sp³-hybridized carbons (Fsp3) is 0.833. The molecule has 140 valence electrons. The van der Waals surface area contributed by atoms with Crippen LogP contribution in [0.4, 0.5) is 0 Å². The predicted octanol–water partition coefficient (Wildman–Crippen LogP) is 1.87. The minimum Gasteiger partial charge on any atom is -0.381 e. The van der Waals surface area contributed by atoms with Crippen LogP contribution in [0.25, 0.3) is 0 Å². The Kier molecular flexibility index (Phi) is 6.29. The molecule has 1 aromatic rings. The molecule has 1 aliphatic heterocycles. The predicted molar refractivity (Wildman–Crippen MR) is 98.4 cm³/mol. The second kappa shape index (κ2) is 8.65. The standard InChI is InChI=1S/C18H32N6O/c1-4-25-13-15-9-10-24(12-15)18(20-16-7-5-6-8-16)19-11-17-22-21-14(2)23(17)3/h15-16H,4-13H2,1-3H3,(H,19,20). The number of aryl methyl sites for hydroxylation is 1. The molecular formula is C18H32N6O. The topological polar surface area (TPSA) is 67.6 Å². The molecule has 0 bridgehead atoms. The van der Waals surface area contributed by atoms with E-state index >= 15 is 0 Å². The molecule has 1 aromatic heterocycles. The van der Waals surface area contributed by atoms with Crippen LogP contribution in [0.2, 0.25) is 0 Å². The highest BCUT2D eigenvalue weighted by Gasteiger charge is 2.27. The zero-order chi connectivity index (χ0) is 17.6. The van der Waals surface area contributed by atoms with Crippen molar-refractivity contribution < 1.29 is 4.74 Å². The minimum atomic E-state index is 0.561. The van der Waals surface area contributed by atoms with E-state index < -0.39 is 0 Å². The Bertz CT molecular complexity index is 578. The third kappa shape index (κ3) is 4.71. The van der Waals surface area contributed by atoms with Crippen LogP contribution in [0.5, 0.6) is 0 Å². The molecule has 0 spiro atoms. The van der Waals surface area contributed by atoms with Crippen molar-refractivity contribution in [3.8, 4) is 0 Å². The summed E-state index contributed by atoms with van der Waals surface area (Å²) >= 11 is 0. The van der Waals surface area contributed by atoms with Crippen molar-refractivity contribution in [2.75, 3.05) is 26.3 Å².